The Labute approximate surface area is 293 Å². The molecule has 12 heteroatoms. The molecular weight excluding hydrogens is 647 g/mol. The van der Waals surface area contributed by atoms with Crippen LogP contribution >= 0.6 is 0 Å². The van der Waals surface area contributed by atoms with Crippen LogP contribution in [0.1, 0.15) is 46.0 Å². The predicted molar refractivity (Wildman–Crippen MR) is 192 cm³/mol. The average molecular weight is 683 g/mol. The quantitative estimate of drug-likeness (QED) is 0.147. The van der Waals surface area contributed by atoms with Gasteiger partial charge in [0.25, 0.3) is 5.91 Å². The third-order valence-corrected chi connectivity index (χ3v) is 9.52. The van der Waals surface area contributed by atoms with Crippen molar-refractivity contribution in [1.29, 1.82) is 0 Å². The molecule has 1 atom stereocenters. The van der Waals surface area contributed by atoms with Gasteiger partial charge in [0.2, 0.25) is 5.88 Å². The summed E-state index contributed by atoms with van der Waals surface area (Å²) in [4.78, 5) is 28.6. The Kier molecular flexibility index (Phi) is 8.73. The Morgan fingerprint density at radius 3 is 2.78 bits per heavy atom. The van der Waals surface area contributed by atoms with Crippen LogP contribution in [0.5, 0.6) is 5.88 Å². The number of nitrogens with zero attached hydrogens (tertiary/aromatic N) is 6. The maximum absolute atomic E-state index is 14.3. The van der Waals surface area contributed by atoms with E-state index in [0.717, 1.165) is 77.3 Å². The van der Waals surface area contributed by atoms with Crippen molar-refractivity contribution < 1.29 is 18.7 Å². The van der Waals surface area contributed by atoms with Crippen LogP contribution in [-0.2, 0) is 24.4 Å². The number of aryl methyl sites for hydroxylation is 1. The number of pyridine rings is 1. The number of benzene rings is 3. The van der Waals surface area contributed by atoms with E-state index >= 15 is 0 Å². The lowest BCUT2D eigenvalue weighted by molar-refractivity contribution is -0.0591. The zero-order chi connectivity index (χ0) is 34.9. The number of rotatable bonds is 10. The first-order chi connectivity index (χ1) is 24.9. The van der Waals surface area contributed by atoms with E-state index in [1.165, 1.54) is 6.07 Å². The molecule has 2 aliphatic heterocycles. The lowest BCUT2D eigenvalue weighted by atomic mass is 10.0. The molecule has 3 aromatic heterocycles. The third-order valence-electron chi connectivity index (χ3n) is 9.52. The van der Waals surface area contributed by atoms with Crippen molar-refractivity contribution in [3.8, 4) is 5.88 Å². The second-order valence-electron chi connectivity index (χ2n) is 12.9. The summed E-state index contributed by atoms with van der Waals surface area (Å²) >= 11 is 0. The Morgan fingerprint density at radius 1 is 1.12 bits per heavy atom. The summed E-state index contributed by atoms with van der Waals surface area (Å²) in [5.74, 6) is 0.715. The molecule has 6 aromatic rings. The Balaban J connectivity index is 0.961. The van der Waals surface area contributed by atoms with Gasteiger partial charge in [-0.3, -0.25) is 14.8 Å². The summed E-state index contributed by atoms with van der Waals surface area (Å²) < 4.78 is 28.2. The number of nitrogens with one attached hydrogen (secondary N) is 2. The number of hydrogen-bond donors (Lipinski definition) is 2. The van der Waals surface area contributed by atoms with Crippen molar-refractivity contribution in [2.24, 2.45) is 0 Å². The van der Waals surface area contributed by atoms with E-state index in [0.29, 0.717) is 35.8 Å². The minimum Gasteiger partial charge on any atom is -0.473 e. The number of carbonyl (C=O) groups is 1. The molecule has 1 fully saturated rings. The van der Waals surface area contributed by atoms with Gasteiger partial charge in [-0.1, -0.05) is 24.3 Å². The van der Waals surface area contributed by atoms with E-state index in [4.69, 9.17) is 26.0 Å². The van der Waals surface area contributed by atoms with E-state index in [9.17, 15) is 9.18 Å². The largest absolute Gasteiger partial charge is 0.473 e. The fraction of sp³-hybridized carbons (Fsp3) is 0.256. The summed E-state index contributed by atoms with van der Waals surface area (Å²) in [5, 5.41) is 11.2. The highest BCUT2D eigenvalue weighted by Crippen LogP contribution is 2.28. The molecule has 51 heavy (non-hydrogen) atoms. The molecule has 0 spiro atoms. The standard InChI is InChI=1S/C39H35FN8O3/c1-24-31-18-26(7-10-34(31)46-45-24)39(49)42-29-9-11-35-36(20-29)48(21-30-14-17-50-30)37(43-35)22-47-15-12-25(13-16-47)33-4-3-5-38(44-33)51-23-27-6-8-28(41-2)19-32(27)40/h3-12,18-20,30H,13-17,21-23H2,1H3,(H,42,49)(H,45,46). The number of halogens is 1. The Hall–Kier alpha value is -5.90. The highest BCUT2D eigenvalue weighted by Gasteiger charge is 2.24. The van der Waals surface area contributed by atoms with E-state index < -0.39 is 5.82 Å². The van der Waals surface area contributed by atoms with Crippen LogP contribution in [0, 0.1) is 19.3 Å². The molecule has 1 amide bonds. The van der Waals surface area contributed by atoms with E-state index in [2.05, 4.69) is 35.9 Å². The molecule has 1 unspecified atom stereocenters. The van der Waals surface area contributed by atoms with Gasteiger partial charge in [0, 0.05) is 53.7 Å². The first-order valence-electron chi connectivity index (χ1n) is 16.9. The van der Waals surface area contributed by atoms with Gasteiger partial charge in [-0.25, -0.2) is 19.2 Å². The van der Waals surface area contributed by atoms with Gasteiger partial charge in [0.05, 0.1) is 48.0 Å². The molecule has 0 radical (unpaired) electrons. The number of imidazole rings is 1. The van der Waals surface area contributed by atoms with Crippen molar-refractivity contribution in [1.82, 2.24) is 29.6 Å². The predicted octanol–water partition coefficient (Wildman–Crippen LogP) is 7.22. The number of amides is 1. The molecule has 8 rings (SSSR count). The van der Waals surface area contributed by atoms with Gasteiger partial charge in [0.15, 0.2) is 5.69 Å². The fourth-order valence-corrected chi connectivity index (χ4v) is 6.53. The first kappa shape index (κ1) is 32.3. The minimum absolute atomic E-state index is 0.0240. The summed E-state index contributed by atoms with van der Waals surface area (Å²) in [5.41, 5.74) is 7.42. The second kappa shape index (κ2) is 13.8. The van der Waals surface area contributed by atoms with Gasteiger partial charge in [-0.2, -0.15) is 5.10 Å². The smallest absolute Gasteiger partial charge is 0.255 e. The van der Waals surface area contributed by atoms with E-state index in [1.807, 2.05) is 49.4 Å². The van der Waals surface area contributed by atoms with Gasteiger partial charge < -0.3 is 19.4 Å². The van der Waals surface area contributed by atoms with Gasteiger partial charge in [-0.05, 0) is 73.9 Å². The number of carbonyl (C=O) groups excluding carboxylic acids is 1. The Morgan fingerprint density at radius 2 is 2.00 bits per heavy atom. The van der Waals surface area contributed by atoms with Crippen LogP contribution in [0.15, 0.2) is 78.9 Å². The average Bonchev–Trinajstić information content (AvgIpc) is 3.67. The zero-order valence-electron chi connectivity index (χ0n) is 28.0. The summed E-state index contributed by atoms with van der Waals surface area (Å²) in [7, 11) is 0. The number of hydrogen-bond acceptors (Lipinski definition) is 7. The number of anilines is 1. The summed E-state index contributed by atoms with van der Waals surface area (Å²) in [6.45, 7) is 12.7. The summed E-state index contributed by atoms with van der Waals surface area (Å²) in [6, 6.07) is 21.3. The molecular formula is C39H35FN8O3. The van der Waals surface area contributed by atoms with Crippen LogP contribution in [0.25, 0.3) is 32.4 Å². The van der Waals surface area contributed by atoms with Crippen molar-refractivity contribution in [3.05, 3.63) is 124 Å². The minimum atomic E-state index is -0.467. The van der Waals surface area contributed by atoms with Crippen LogP contribution < -0.4 is 10.1 Å². The van der Waals surface area contributed by atoms with Crippen LogP contribution in [0.2, 0.25) is 0 Å². The first-order valence-corrected chi connectivity index (χ1v) is 16.9. The molecule has 1 saturated heterocycles. The number of aromatic amines is 1. The van der Waals surface area contributed by atoms with Crippen molar-refractivity contribution in [2.45, 2.75) is 45.6 Å². The summed E-state index contributed by atoms with van der Waals surface area (Å²) in [6.07, 6.45) is 4.12. The van der Waals surface area contributed by atoms with Gasteiger partial charge in [0.1, 0.15) is 18.2 Å². The highest BCUT2D eigenvalue weighted by molar-refractivity contribution is 6.07. The Bertz CT molecular complexity index is 2350. The number of fused-ring (bicyclic) bond motifs is 2. The number of H-pyrrole nitrogens is 1. The molecule has 5 heterocycles. The van der Waals surface area contributed by atoms with Crippen molar-refractivity contribution in [2.75, 3.05) is 25.0 Å². The number of aromatic nitrogens is 5. The van der Waals surface area contributed by atoms with E-state index in [1.54, 1.807) is 24.3 Å². The third kappa shape index (κ3) is 6.81. The molecule has 2 aliphatic rings. The van der Waals surface area contributed by atoms with E-state index in [-0.39, 0.29) is 24.3 Å². The molecule has 0 aliphatic carbocycles. The SMILES string of the molecule is [C-]#[N+]c1ccc(COc2cccc(C3=CCN(Cc4nc5ccc(NC(=O)c6ccc7n[nH]c(C)c7c6)cc5n4CC4CCO4)CC3)n2)c(F)c1. The second-order valence-corrected chi connectivity index (χ2v) is 12.9. The van der Waals surface area contributed by atoms with Crippen LogP contribution in [-0.4, -0.2) is 61.3 Å². The normalized spacial score (nSPS) is 16.1. The van der Waals surface area contributed by atoms with Gasteiger partial charge >= 0.3 is 0 Å². The maximum atomic E-state index is 14.3. The molecule has 0 bridgehead atoms. The molecule has 0 saturated carbocycles. The van der Waals surface area contributed by atoms with Crippen molar-refractivity contribution >= 4 is 44.8 Å². The highest BCUT2D eigenvalue weighted by atomic mass is 19.1. The maximum Gasteiger partial charge on any atom is 0.255 e. The van der Waals surface area contributed by atoms with Crippen LogP contribution in [0.4, 0.5) is 15.8 Å². The lowest BCUT2D eigenvalue weighted by Crippen LogP contribution is -2.33. The molecule has 2 N–H and O–H groups in total. The number of ether oxygens (including phenoxy) is 2. The lowest BCUT2D eigenvalue weighted by Gasteiger charge is -2.29. The van der Waals surface area contributed by atoms with Gasteiger partial charge in [-0.15, -0.1) is 0 Å². The van der Waals surface area contributed by atoms with Crippen molar-refractivity contribution in [3.63, 3.8) is 0 Å². The molecule has 11 nitrogen and oxygen atoms in total. The molecule has 3 aromatic carbocycles. The molecule has 256 valence electrons. The monoisotopic (exact) mass is 682 g/mol. The topological polar surface area (TPSA) is 115 Å². The van der Waals surface area contributed by atoms with Crippen LogP contribution in [0.3, 0.4) is 0 Å². The zero-order valence-corrected chi connectivity index (χ0v) is 28.0. The fourth-order valence-electron chi connectivity index (χ4n) is 6.53.